The number of hydrogen-bond donors (Lipinski definition) is 1. The van der Waals surface area contributed by atoms with Gasteiger partial charge in [0.15, 0.2) is 5.69 Å². The SMILES string of the molecule is CC1(C)CCCC(n2cnc(C(=O)O)c2)C1. The zero-order valence-corrected chi connectivity index (χ0v) is 9.81. The van der Waals surface area contributed by atoms with E-state index in [2.05, 4.69) is 18.8 Å². The molecule has 1 N–H and O–H groups in total. The summed E-state index contributed by atoms with van der Waals surface area (Å²) in [6.07, 6.45) is 7.98. The second kappa shape index (κ2) is 3.92. The lowest BCUT2D eigenvalue weighted by molar-refractivity contribution is 0.0691. The second-order valence-corrected chi connectivity index (χ2v) is 5.43. The number of aromatic carboxylic acids is 1. The summed E-state index contributed by atoms with van der Waals surface area (Å²) in [5, 5.41) is 8.82. The Bertz CT molecular complexity index is 395. The van der Waals surface area contributed by atoms with Crippen LogP contribution in [-0.2, 0) is 0 Å². The minimum Gasteiger partial charge on any atom is -0.476 e. The molecular formula is C12H18N2O2. The maximum absolute atomic E-state index is 10.7. The van der Waals surface area contributed by atoms with E-state index in [0.29, 0.717) is 11.5 Å². The van der Waals surface area contributed by atoms with Gasteiger partial charge in [-0.1, -0.05) is 20.3 Å². The fourth-order valence-electron chi connectivity index (χ4n) is 2.56. The van der Waals surface area contributed by atoms with E-state index in [1.54, 1.807) is 12.5 Å². The number of hydrogen-bond acceptors (Lipinski definition) is 2. The number of imidazole rings is 1. The molecule has 0 saturated heterocycles. The Morgan fingerprint density at radius 2 is 2.38 bits per heavy atom. The van der Waals surface area contributed by atoms with Crippen LogP contribution in [0.4, 0.5) is 0 Å². The number of carbonyl (C=O) groups is 1. The van der Waals surface area contributed by atoms with Crippen molar-refractivity contribution in [2.75, 3.05) is 0 Å². The fourth-order valence-corrected chi connectivity index (χ4v) is 2.56. The predicted octanol–water partition coefficient (Wildman–Crippen LogP) is 2.72. The first-order chi connectivity index (χ1) is 7.48. The Kier molecular flexibility index (Phi) is 2.74. The van der Waals surface area contributed by atoms with Crippen LogP contribution in [-0.4, -0.2) is 20.6 Å². The fraction of sp³-hybridized carbons (Fsp3) is 0.667. The molecule has 16 heavy (non-hydrogen) atoms. The van der Waals surface area contributed by atoms with Gasteiger partial charge in [0, 0.05) is 12.2 Å². The Morgan fingerprint density at radius 1 is 1.62 bits per heavy atom. The molecule has 1 atom stereocenters. The lowest BCUT2D eigenvalue weighted by atomic mass is 9.75. The van der Waals surface area contributed by atoms with Gasteiger partial charge >= 0.3 is 5.97 Å². The van der Waals surface area contributed by atoms with Crippen LogP contribution >= 0.6 is 0 Å². The average molecular weight is 222 g/mol. The highest BCUT2D eigenvalue weighted by molar-refractivity contribution is 5.84. The highest BCUT2D eigenvalue weighted by atomic mass is 16.4. The number of aromatic nitrogens is 2. The van der Waals surface area contributed by atoms with Crippen LogP contribution in [0.15, 0.2) is 12.5 Å². The first-order valence-electron chi connectivity index (χ1n) is 5.75. The summed E-state index contributed by atoms with van der Waals surface area (Å²) < 4.78 is 1.96. The zero-order valence-electron chi connectivity index (χ0n) is 9.81. The number of nitrogens with zero attached hydrogens (tertiary/aromatic N) is 2. The van der Waals surface area contributed by atoms with Gasteiger partial charge in [-0.25, -0.2) is 9.78 Å². The molecule has 1 aromatic rings. The Hall–Kier alpha value is -1.32. The molecule has 0 aromatic carbocycles. The van der Waals surface area contributed by atoms with Gasteiger partial charge in [0.1, 0.15) is 0 Å². The lowest BCUT2D eigenvalue weighted by Crippen LogP contribution is -2.24. The first-order valence-corrected chi connectivity index (χ1v) is 5.75. The highest BCUT2D eigenvalue weighted by Crippen LogP contribution is 2.40. The van der Waals surface area contributed by atoms with Crippen molar-refractivity contribution in [1.29, 1.82) is 0 Å². The van der Waals surface area contributed by atoms with Crippen LogP contribution in [0.5, 0.6) is 0 Å². The summed E-state index contributed by atoms with van der Waals surface area (Å²) in [4.78, 5) is 14.7. The average Bonchev–Trinajstić information content (AvgIpc) is 2.64. The molecule has 1 aromatic heterocycles. The van der Waals surface area contributed by atoms with Gasteiger partial charge in [0.25, 0.3) is 0 Å². The van der Waals surface area contributed by atoms with Crippen molar-refractivity contribution in [2.24, 2.45) is 5.41 Å². The maximum Gasteiger partial charge on any atom is 0.356 e. The largest absolute Gasteiger partial charge is 0.476 e. The summed E-state index contributed by atoms with van der Waals surface area (Å²) in [5.74, 6) is -0.950. The third-order valence-corrected chi connectivity index (χ3v) is 3.42. The molecule has 1 fully saturated rings. The van der Waals surface area contributed by atoms with Gasteiger partial charge in [0.2, 0.25) is 0 Å². The molecule has 0 radical (unpaired) electrons. The molecule has 1 heterocycles. The minimum absolute atomic E-state index is 0.142. The molecular weight excluding hydrogens is 204 g/mol. The molecule has 88 valence electrons. The summed E-state index contributed by atoms with van der Waals surface area (Å²) in [6.45, 7) is 4.54. The maximum atomic E-state index is 10.7. The normalized spacial score (nSPS) is 24.2. The van der Waals surface area contributed by atoms with Crippen LogP contribution in [0.1, 0.15) is 56.1 Å². The van der Waals surface area contributed by atoms with E-state index >= 15 is 0 Å². The first kappa shape index (κ1) is 11.2. The quantitative estimate of drug-likeness (QED) is 0.837. The second-order valence-electron chi connectivity index (χ2n) is 5.43. The van der Waals surface area contributed by atoms with Crippen molar-refractivity contribution in [3.8, 4) is 0 Å². The van der Waals surface area contributed by atoms with Crippen LogP contribution < -0.4 is 0 Å². The Morgan fingerprint density at radius 3 is 2.94 bits per heavy atom. The third-order valence-electron chi connectivity index (χ3n) is 3.42. The van der Waals surface area contributed by atoms with E-state index < -0.39 is 5.97 Å². The van der Waals surface area contributed by atoms with E-state index in [0.717, 1.165) is 12.8 Å². The topological polar surface area (TPSA) is 55.1 Å². The summed E-state index contributed by atoms with van der Waals surface area (Å²) in [7, 11) is 0. The van der Waals surface area contributed by atoms with Crippen molar-refractivity contribution in [3.05, 3.63) is 18.2 Å². The van der Waals surface area contributed by atoms with Gasteiger partial charge in [-0.2, -0.15) is 0 Å². The highest BCUT2D eigenvalue weighted by Gasteiger charge is 2.29. The summed E-state index contributed by atoms with van der Waals surface area (Å²) in [5.41, 5.74) is 0.500. The van der Waals surface area contributed by atoms with Crippen LogP contribution in [0, 0.1) is 5.41 Å². The van der Waals surface area contributed by atoms with Crippen LogP contribution in [0.2, 0.25) is 0 Å². The van der Waals surface area contributed by atoms with Crippen LogP contribution in [0.25, 0.3) is 0 Å². The van der Waals surface area contributed by atoms with Gasteiger partial charge in [0.05, 0.1) is 6.33 Å². The summed E-state index contributed by atoms with van der Waals surface area (Å²) in [6, 6.07) is 0.407. The molecule has 0 aliphatic heterocycles. The minimum atomic E-state index is -0.950. The van der Waals surface area contributed by atoms with Gasteiger partial charge in [-0.15, -0.1) is 0 Å². The summed E-state index contributed by atoms with van der Waals surface area (Å²) >= 11 is 0. The van der Waals surface area contributed by atoms with Crippen LogP contribution in [0.3, 0.4) is 0 Å². The van der Waals surface area contributed by atoms with Crippen molar-refractivity contribution < 1.29 is 9.90 Å². The van der Waals surface area contributed by atoms with Crippen molar-refractivity contribution in [1.82, 2.24) is 9.55 Å². The molecule has 4 heteroatoms. The van der Waals surface area contributed by atoms with E-state index in [1.165, 1.54) is 12.8 Å². The molecule has 1 saturated carbocycles. The molecule has 0 amide bonds. The molecule has 1 aliphatic carbocycles. The standard InChI is InChI=1S/C12H18N2O2/c1-12(2)5-3-4-9(6-12)14-7-10(11(15)16)13-8-14/h7-9H,3-6H2,1-2H3,(H,15,16). The van der Waals surface area contributed by atoms with E-state index in [9.17, 15) is 4.79 Å². The zero-order chi connectivity index (χ0) is 11.8. The molecule has 1 unspecified atom stereocenters. The van der Waals surface area contributed by atoms with Gasteiger partial charge in [-0.3, -0.25) is 0 Å². The molecule has 0 bridgehead atoms. The molecule has 2 rings (SSSR count). The molecule has 4 nitrogen and oxygen atoms in total. The van der Waals surface area contributed by atoms with Gasteiger partial charge < -0.3 is 9.67 Å². The monoisotopic (exact) mass is 222 g/mol. The van der Waals surface area contributed by atoms with Crippen molar-refractivity contribution >= 4 is 5.97 Å². The Balaban J connectivity index is 2.14. The van der Waals surface area contributed by atoms with Crippen molar-refractivity contribution in [3.63, 3.8) is 0 Å². The van der Waals surface area contributed by atoms with E-state index in [-0.39, 0.29) is 5.69 Å². The predicted molar refractivity (Wildman–Crippen MR) is 60.5 cm³/mol. The van der Waals surface area contributed by atoms with E-state index in [1.807, 2.05) is 4.57 Å². The smallest absolute Gasteiger partial charge is 0.356 e. The Labute approximate surface area is 95.3 Å². The van der Waals surface area contributed by atoms with Gasteiger partial charge in [-0.05, 0) is 24.7 Å². The number of rotatable bonds is 2. The lowest BCUT2D eigenvalue weighted by Gasteiger charge is -2.35. The van der Waals surface area contributed by atoms with Crippen molar-refractivity contribution in [2.45, 2.75) is 45.6 Å². The molecule has 1 aliphatic rings. The molecule has 0 spiro atoms. The number of carboxylic acids is 1. The number of carboxylic acid groups (broad SMARTS) is 1. The third kappa shape index (κ3) is 2.26. The van der Waals surface area contributed by atoms with E-state index in [4.69, 9.17) is 5.11 Å².